The van der Waals surface area contributed by atoms with Crippen LogP contribution < -0.4 is 10.3 Å². The molecule has 0 radical (unpaired) electrons. The van der Waals surface area contributed by atoms with Crippen LogP contribution in [0, 0.1) is 0 Å². The van der Waals surface area contributed by atoms with Gasteiger partial charge in [0.05, 0.1) is 18.2 Å². The number of aromatic hydroxyl groups is 1. The molecule has 1 heterocycles. The van der Waals surface area contributed by atoms with Gasteiger partial charge in [-0.25, -0.2) is 0 Å². The summed E-state index contributed by atoms with van der Waals surface area (Å²) in [4.78, 5) is 14.9. The molecular formula is C16H13NO3. The second kappa shape index (κ2) is 4.74. The SMILES string of the molecule is COc1ccc2[nH]c(=O)c(-c3ccccc3)c(O)c2c1. The Labute approximate surface area is 115 Å². The van der Waals surface area contributed by atoms with Crippen molar-refractivity contribution in [3.05, 3.63) is 58.9 Å². The molecule has 0 atom stereocenters. The Bertz CT molecular complexity index is 822. The maximum Gasteiger partial charge on any atom is 0.260 e. The number of hydrogen-bond donors (Lipinski definition) is 2. The number of aromatic amines is 1. The van der Waals surface area contributed by atoms with Gasteiger partial charge in [-0.3, -0.25) is 4.79 Å². The monoisotopic (exact) mass is 267 g/mol. The lowest BCUT2D eigenvalue weighted by atomic mass is 10.0. The average molecular weight is 267 g/mol. The van der Waals surface area contributed by atoms with Crippen molar-refractivity contribution in [2.45, 2.75) is 0 Å². The van der Waals surface area contributed by atoms with Gasteiger partial charge in [0.1, 0.15) is 11.5 Å². The minimum atomic E-state index is -0.314. The summed E-state index contributed by atoms with van der Waals surface area (Å²) in [5, 5.41) is 11.0. The Morgan fingerprint density at radius 1 is 1.10 bits per heavy atom. The molecule has 0 aliphatic carbocycles. The highest BCUT2D eigenvalue weighted by molar-refractivity contribution is 5.92. The molecule has 0 amide bonds. The summed E-state index contributed by atoms with van der Waals surface area (Å²) in [6.07, 6.45) is 0. The molecule has 0 bridgehead atoms. The second-order valence-corrected chi connectivity index (χ2v) is 4.46. The van der Waals surface area contributed by atoms with Gasteiger partial charge in [0.25, 0.3) is 5.56 Å². The first-order valence-corrected chi connectivity index (χ1v) is 6.19. The van der Waals surface area contributed by atoms with E-state index in [1.165, 1.54) is 0 Å². The molecule has 2 aromatic carbocycles. The van der Waals surface area contributed by atoms with Crippen molar-refractivity contribution in [3.63, 3.8) is 0 Å². The number of pyridine rings is 1. The van der Waals surface area contributed by atoms with Crippen LogP contribution in [0.1, 0.15) is 0 Å². The third kappa shape index (κ3) is 1.91. The largest absolute Gasteiger partial charge is 0.506 e. The van der Waals surface area contributed by atoms with E-state index in [1.807, 2.05) is 18.2 Å². The molecule has 3 rings (SSSR count). The molecule has 0 saturated carbocycles. The third-order valence-corrected chi connectivity index (χ3v) is 3.26. The number of benzene rings is 2. The molecule has 0 aliphatic heterocycles. The van der Waals surface area contributed by atoms with Crippen molar-refractivity contribution in [2.24, 2.45) is 0 Å². The summed E-state index contributed by atoms with van der Waals surface area (Å²) in [5.41, 5.74) is 1.21. The van der Waals surface area contributed by atoms with E-state index in [9.17, 15) is 9.90 Å². The van der Waals surface area contributed by atoms with Gasteiger partial charge in [-0.15, -0.1) is 0 Å². The van der Waals surface area contributed by atoms with Gasteiger partial charge < -0.3 is 14.8 Å². The van der Waals surface area contributed by atoms with Crippen LogP contribution in [-0.2, 0) is 0 Å². The molecule has 4 nitrogen and oxygen atoms in total. The molecule has 2 N–H and O–H groups in total. The molecule has 0 spiro atoms. The normalized spacial score (nSPS) is 10.7. The molecule has 100 valence electrons. The minimum absolute atomic E-state index is 0.0335. The van der Waals surface area contributed by atoms with E-state index in [-0.39, 0.29) is 16.9 Å². The fraction of sp³-hybridized carbons (Fsp3) is 0.0625. The summed E-state index contributed by atoms with van der Waals surface area (Å²) in [5.74, 6) is 0.590. The standard InChI is InChI=1S/C16H13NO3/c1-20-11-7-8-13-12(9-11)15(18)14(16(19)17-13)10-5-3-2-4-6-10/h2-9H,1H3,(H2,17,18,19). The average Bonchev–Trinajstić information content (AvgIpc) is 2.48. The fourth-order valence-electron chi connectivity index (χ4n) is 2.25. The van der Waals surface area contributed by atoms with Crippen LogP contribution >= 0.6 is 0 Å². The van der Waals surface area contributed by atoms with Crippen molar-refractivity contribution < 1.29 is 9.84 Å². The van der Waals surface area contributed by atoms with E-state index in [4.69, 9.17) is 4.74 Å². The van der Waals surface area contributed by atoms with Crippen LogP contribution in [0.4, 0.5) is 0 Å². The van der Waals surface area contributed by atoms with Crippen molar-refractivity contribution in [1.29, 1.82) is 0 Å². The second-order valence-electron chi connectivity index (χ2n) is 4.46. The summed E-state index contributed by atoms with van der Waals surface area (Å²) >= 11 is 0. The number of methoxy groups -OCH3 is 1. The number of H-pyrrole nitrogens is 1. The van der Waals surface area contributed by atoms with Crippen LogP contribution in [0.2, 0.25) is 0 Å². The third-order valence-electron chi connectivity index (χ3n) is 3.26. The molecule has 20 heavy (non-hydrogen) atoms. The Morgan fingerprint density at radius 3 is 2.55 bits per heavy atom. The number of fused-ring (bicyclic) bond motifs is 1. The predicted molar refractivity (Wildman–Crippen MR) is 78.2 cm³/mol. The first-order chi connectivity index (χ1) is 9.70. The fourth-order valence-corrected chi connectivity index (χ4v) is 2.25. The topological polar surface area (TPSA) is 62.3 Å². The smallest absolute Gasteiger partial charge is 0.260 e. The Kier molecular flexibility index (Phi) is 2.91. The zero-order chi connectivity index (χ0) is 14.1. The predicted octanol–water partition coefficient (Wildman–Crippen LogP) is 2.91. The van der Waals surface area contributed by atoms with Crippen molar-refractivity contribution >= 4 is 10.9 Å². The van der Waals surface area contributed by atoms with E-state index in [0.717, 1.165) is 0 Å². The van der Waals surface area contributed by atoms with E-state index >= 15 is 0 Å². The van der Waals surface area contributed by atoms with E-state index in [2.05, 4.69) is 4.98 Å². The molecule has 1 aromatic heterocycles. The highest BCUT2D eigenvalue weighted by Crippen LogP contribution is 2.33. The van der Waals surface area contributed by atoms with Crippen molar-refractivity contribution in [2.75, 3.05) is 7.11 Å². The zero-order valence-corrected chi connectivity index (χ0v) is 10.9. The first-order valence-electron chi connectivity index (χ1n) is 6.19. The van der Waals surface area contributed by atoms with Crippen LogP contribution in [0.3, 0.4) is 0 Å². The Morgan fingerprint density at radius 2 is 1.85 bits per heavy atom. The quantitative estimate of drug-likeness (QED) is 0.750. The van der Waals surface area contributed by atoms with Gasteiger partial charge >= 0.3 is 0 Å². The van der Waals surface area contributed by atoms with Crippen molar-refractivity contribution in [3.8, 4) is 22.6 Å². The molecule has 3 aromatic rings. The van der Waals surface area contributed by atoms with Gasteiger partial charge in [-0.05, 0) is 23.8 Å². The van der Waals surface area contributed by atoms with Crippen LogP contribution in [-0.4, -0.2) is 17.2 Å². The highest BCUT2D eigenvalue weighted by atomic mass is 16.5. The van der Waals surface area contributed by atoms with E-state index in [1.54, 1.807) is 37.4 Å². The van der Waals surface area contributed by atoms with Gasteiger partial charge in [-0.1, -0.05) is 30.3 Å². The molecule has 4 heteroatoms. The minimum Gasteiger partial charge on any atom is -0.506 e. The first kappa shape index (κ1) is 12.3. The van der Waals surface area contributed by atoms with Gasteiger partial charge in [0, 0.05) is 5.39 Å². The highest BCUT2D eigenvalue weighted by Gasteiger charge is 2.14. The maximum absolute atomic E-state index is 12.2. The van der Waals surface area contributed by atoms with Gasteiger partial charge in [0.15, 0.2) is 0 Å². The number of rotatable bonds is 2. The Hall–Kier alpha value is -2.75. The maximum atomic E-state index is 12.2. The van der Waals surface area contributed by atoms with Gasteiger partial charge in [0.2, 0.25) is 0 Å². The number of ether oxygens (including phenoxy) is 1. The van der Waals surface area contributed by atoms with Crippen LogP contribution in [0.25, 0.3) is 22.0 Å². The Balaban J connectivity index is 2.36. The lowest BCUT2D eigenvalue weighted by Crippen LogP contribution is -2.09. The summed E-state index contributed by atoms with van der Waals surface area (Å²) in [6.45, 7) is 0. The molecule has 0 saturated heterocycles. The van der Waals surface area contributed by atoms with Gasteiger partial charge in [-0.2, -0.15) is 0 Å². The number of aromatic nitrogens is 1. The lowest BCUT2D eigenvalue weighted by molar-refractivity contribution is 0.415. The summed E-state index contributed by atoms with van der Waals surface area (Å²) in [7, 11) is 1.56. The molecule has 0 unspecified atom stereocenters. The lowest BCUT2D eigenvalue weighted by Gasteiger charge is -2.09. The molecule has 0 aliphatic rings. The van der Waals surface area contributed by atoms with E-state index < -0.39 is 0 Å². The zero-order valence-electron chi connectivity index (χ0n) is 10.9. The van der Waals surface area contributed by atoms with E-state index in [0.29, 0.717) is 22.2 Å². The summed E-state index contributed by atoms with van der Waals surface area (Å²) < 4.78 is 5.15. The van der Waals surface area contributed by atoms with Crippen LogP contribution in [0.5, 0.6) is 11.5 Å². The summed E-state index contributed by atoms with van der Waals surface area (Å²) in [6, 6.07) is 14.2. The number of nitrogens with one attached hydrogen (secondary N) is 1. The van der Waals surface area contributed by atoms with Crippen LogP contribution in [0.15, 0.2) is 53.3 Å². The molecular weight excluding hydrogens is 254 g/mol. The molecule has 0 fully saturated rings. The number of hydrogen-bond acceptors (Lipinski definition) is 3. The van der Waals surface area contributed by atoms with Crippen molar-refractivity contribution in [1.82, 2.24) is 4.98 Å².